The van der Waals surface area contributed by atoms with Gasteiger partial charge < -0.3 is 19.6 Å². The molecular formula is C16H19NO4. The van der Waals surface area contributed by atoms with Crippen molar-refractivity contribution in [3.63, 3.8) is 0 Å². The van der Waals surface area contributed by atoms with Gasteiger partial charge in [-0.3, -0.25) is 4.79 Å². The Labute approximate surface area is 123 Å². The number of nitrogens with one attached hydrogen (secondary N) is 1. The average Bonchev–Trinajstić information content (AvgIpc) is 3.01. The molecule has 5 heteroatoms. The van der Waals surface area contributed by atoms with Crippen LogP contribution >= 0.6 is 0 Å². The van der Waals surface area contributed by atoms with Crippen LogP contribution < -0.4 is 5.32 Å². The van der Waals surface area contributed by atoms with E-state index in [1.54, 1.807) is 38.3 Å². The van der Waals surface area contributed by atoms with Gasteiger partial charge in [-0.1, -0.05) is 18.2 Å². The minimum absolute atomic E-state index is 0.0562. The van der Waals surface area contributed by atoms with Crippen LogP contribution in [0.2, 0.25) is 0 Å². The molecule has 0 aliphatic rings. The number of methoxy groups -OCH3 is 1. The van der Waals surface area contributed by atoms with Crippen LogP contribution in [-0.4, -0.2) is 24.7 Å². The van der Waals surface area contributed by atoms with Crippen molar-refractivity contribution in [2.45, 2.75) is 19.1 Å². The number of hydrogen-bond donors (Lipinski definition) is 2. The molecular weight excluding hydrogens is 270 g/mol. The van der Waals surface area contributed by atoms with Crippen molar-refractivity contribution in [2.24, 2.45) is 0 Å². The number of furan rings is 1. The molecule has 0 aliphatic carbocycles. The number of rotatable bonds is 6. The van der Waals surface area contributed by atoms with Crippen LogP contribution in [0.15, 0.2) is 47.1 Å². The lowest BCUT2D eigenvalue weighted by atomic mass is 10.0. The average molecular weight is 289 g/mol. The number of amides is 1. The van der Waals surface area contributed by atoms with Gasteiger partial charge in [-0.15, -0.1) is 0 Å². The summed E-state index contributed by atoms with van der Waals surface area (Å²) in [6.07, 6.45) is 1.49. The SMILES string of the molecule is COCc1ccccc1C(=O)NCC(C)(O)c1ccco1. The summed E-state index contributed by atoms with van der Waals surface area (Å²) in [5, 5.41) is 13.0. The largest absolute Gasteiger partial charge is 0.466 e. The Balaban J connectivity index is 2.05. The molecule has 0 aliphatic heterocycles. The second-order valence-corrected chi connectivity index (χ2v) is 5.02. The van der Waals surface area contributed by atoms with Gasteiger partial charge in [0.15, 0.2) is 0 Å². The third kappa shape index (κ3) is 3.71. The van der Waals surface area contributed by atoms with E-state index in [2.05, 4.69) is 5.32 Å². The van der Waals surface area contributed by atoms with Gasteiger partial charge in [-0.05, 0) is 30.7 Å². The molecule has 1 aromatic heterocycles. The van der Waals surface area contributed by atoms with Gasteiger partial charge in [0.25, 0.3) is 5.91 Å². The van der Waals surface area contributed by atoms with Gasteiger partial charge in [0.1, 0.15) is 11.4 Å². The highest BCUT2D eigenvalue weighted by Gasteiger charge is 2.27. The highest BCUT2D eigenvalue weighted by atomic mass is 16.5. The van der Waals surface area contributed by atoms with Crippen LogP contribution in [0.4, 0.5) is 0 Å². The first kappa shape index (κ1) is 15.3. The molecule has 2 N–H and O–H groups in total. The second-order valence-electron chi connectivity index (χ2n) is 5.02. The second kappa shape index (κ2) is 6.56. The van der Waals surface area contributed by atoms with E-state index >= 15 is 0 Å². The van der Waals surface area contributed by atoms with Gasteiger partial charge in [-0.2, -0.15) is 0 Å². The number of ether oxygens (including phenoxy) is 1. The van der Waals surface area contributed by atoms with Gasteiger partial charge in [0.2, 0.25) is 0 Å². The molecule has 1 heterocycles. The zero-order valence-corrected chi connectivity index (χ0v) is 12.1. The van der Waals surface area contributed by atoms with Crippen LogP contribution in [0.25, 0.3) is 0 Å². The summed E-state index contributed by atoms with van der Waals surface area (Å²) in [6.45, 7) is 2.01. The van der Waals surface area contributed by atoms with E-state index in [1.165, 1.54) is 6.26 Å². The highest BCUT2D eigenvalue weighted by Crippen LogP contribution is 2.20. The molecule has 2 rings (SSSR count). The number of aliphatic hydroxyl groups is 1. The first-order chi connectivity index (χ1) is 10.0. The fourth-order valence-electron chi connectivity index (χ4n) is 2.04. The summed E-state index contributed by atoms with van der Waals surface area (Å²) in [6, 6.07) is 10.6. The summed E-state index contributed by atoms with van der Waals surface area (Å²) < 4.78 is 10.3. The minimum Gasteiger partial charge on any atom is -0.466 e. The Hall–Kier alpha value is -2.11. The Morgan fingerprint density at radius 2 is 2.10 bits per heavy atom. The lowest BCUT2D eigenvalue weighted by Crippen LogP contribution is -2.38. The maximum atomic E-state index is 12.2. The topological polar surface area (TPSA) is 71.7 Å². The molecule has 1 atom stereocenters. The standard InChI is InChI=1S/C16H19NO4/c1-16(19,14-8-5-9-21-14)11-17-15(18)13-7-4-3-6-12(13)10-20-2/h3-9,19H,10-11H2,1-2H3,(H,17,18). The van der Waals surface area contributed by atoms with E-state index in [-0.39, 0.29) is 12.5 Å². The van der Waals surface area contributed by atoms with Crippen molar-refractivity contribution in [1.29, 1.82) is 0 Å². The number of hydrogen-bond acceptors (Lipinski definition) is 4. The van der Waals surface area contributed by atoms with Crippen molar-refractivity contribution in [3.05, 3.63) is 59.5 Å². The minimum atomic E-state index is -1.25. The van der Waals surface area contributed by atoms with Crippen molar-refractivity contribution in [2.75, 3.05) is 13.7 Å². The van der Waals surface area contributed by atoms with Gasteiger partial charge >= 0.3 is 0 Å². The maximum Gasteiger partial charge on any atom is 0.251 e. The van der Waals surface area contributed by atoms with Crippen LogP contribution in [0.1, 0.15) is 28.6 Å². The quantitative estimate of drug-likeness (QED) is 0.854. The Bertz CT molecular complexity index is 590. The van der Waals surface area contributed by atoms with Gasteiger partial charge in [-0.25, -0.2) is 0 Å². The Morgan fingerprint density at radius 1 is 1.33 bits per heavy atom. The zero-order valence-electron chi connectivity index (χ0n) is 12.1. The molecule has 0 radical (unpaired) electrons. The molecule has 2 aromatic rings. The summed E-state index contributed by atoms with van der Waals surface area (Å²) in [5.41, 5.74) is 0.0831. The predicted octanol–water partition coefficient (Wildman–Crippen LogP) is 2.06. The van der Waals surface area contributed by atoms with Crippen molar-refractivity contribution in [3.8, 4) is 0 Å². The van der Waals surface area contributed by atoms with E-state index in [0.29, 0.717) is 17.9 Å². The maximum absolute atomic E-state index is 12.2. The number of carbonyl (C=O) groups is 1. The van der Waals surface area contributed by atoms with E-state index in [4.69, 9.17) is 9.15 Å². The lowest BCUT2D eigenvalue weighted by Gasteiger charge is -2.21. The number of carbonyl (C=O) groups excluding carboxylic acids is 1. The molecule has 1 unspecified atom stereocenters. The predicted molar refractivity (Wildman–Crippen MR) is 77.8 cm³/mol. The molecule has 112 valence electrons. The van der Waals surface area contributed by atoms with Gasteiger partial charge in [0, 0.05) is 12.7 Å². The highest BCUT2D eigenvalue weighted by molar-refractivity contribution is 5.95. The Kier molecular flexibility index (Phi) is 4.77. The third-order valence-corrected chi connectivity index (χ3v) is 3.21. The first-order valence-electron chi connectivity index (χ1n) is 6.66. The molecule has 1 aromatic carbocycles. The summed E-state index contributed by atoms with van der Waals surface area (Å²) >= 11 is 0. The summed E-state index contributed by atoms with van der Waals surface area (Å²) in [7, 11) is 1.58. The fraction of sp³-hybridized carbons (Fsp3) is 0.312. The van der Waals surface area contributed by atoms with Crippen LogP contribution in [0.5, 0.6) is 0 Å². The molecule has 21 heavy (non-hydrogen) atoms. The van der Waals surface area contributed by atoms with E-state index < -0.39 is 5.60 Å². The first-order valence-corrected chi connectivity index (χ1v) is 6.66. The fourth-order valence-corrected chi connectivity index (χ4v) is 2.04. The van der Waals surface area contributed by atoms with E-state index in [0.717, 1.165) is 5.56 Å². The van der Waals surface area contributed by atoms with Crippen molar-refractivity contribution in [1.82, 2.24) is 5.32 Å². The molecule has 0 spiro atoms. The molecule has 0 bridgehead atoms. The van der Waals surface area contributed by atoms with E-state index in [9.17, 15) is 9.90 Å². The smallest absolute Gasteiger partial charge is 0.251 e. The Morgan fingerprint density at radius 3 is 2.76 bits per heavy atom. The van der Waals surface area contributed by atoms with E-state index in [1.807, 2.05) is 12.1 Å². The lowest BCUT2D eigenvalue weighted by molar-refractivity contribution is 0.0330. The summed E-state index contributed by atoms with van der Waals surface area (Å²) in [5.74, 6) is 0.155. The van der Waals surface area contributed by atoms with Crippen LogP contribution in [0.3, 0.4) is 0 Å². The normalized spacial score (nSPS) is 13.7. The monoisotopic (exact) mass is 289 g/mol. The van der Waals surface area contributed by atoms with Crippen LogP contribution in [-0.2, 0) is 16.9 Å². The zero-order chi connectivity index (χ0) is 15.3. The van der Waals surface area contributed by atoms with Gasteiger partial charge in [0.05, 0.1) is 19.4 Å². The summed E-state index contributed by atoms with van der Waals surface area (Å²) in [4.78, 5) is 12.2. The number of benzene rings is 1. The molecule has 1 amide bonds. The molecule has 5 nitrogen and oxygen atoms in total. The van der Waals surface area contributed by atoms with Crippen LogP contribution in [0, 0.1) is 0 Å². The molecule has 0 saturated carbocycles. The molecule has 0 fully saturated rings. The third-order valence-electron chi connectivity index (χ3n) is 3.21. The van der Waals surface area contributed by atoms with Crippen molar-refractivity contribution >= 4 is 5.91 Å². The molecule has 0 saturated heterocycles. The van der Waals surface area contributed by atoms with Crippen molar-refractivity contribution < 1.29 is 19.1 Å².